The summed E-state index contributed by atoms with van der Waals surface area (Å²) in [6.45, 7) is 19.6. The molecule has 3 amide bonds. The Labute approximate surface area is 278 Å². The average molecular weight is 715 g/mol. The molecule has 0 saturated carbocycles. The average Bonchev–Trinajstić information content (AvgIpc) is 3.46. The first-order chi connectivity index (χ1) is 20.4. The van der Waals surface area contributed by atoms with E-state index in [9.17, 15) is 14.0 Å². The summed E-state index contributed by atoms with van der Waals surface area (Å²) in [5.74, 6) is -0.358. The number of aromatic amines is 1. The lowest BCUT2D eigenvalue weighted by molar-refractivity contribution is -0.123. The first-order valence-corrected chi connectivity index (χ1v) is 14.9. The number of hydrogen-bond donors (Lipinski definition) is 4. The molecule has 244 valence electrons. The number of carbonyl (C=O) groups excluding carboxylic acids is 2. The number of allylic oxidation sites excluding steroid dienone is 1. The fourth-order valence-electron chi connectivity index (χ4n) is 4.20. The topological polar surface area (TPSA) is 102 Å². The molecule has 0 radical (unpaired) electrons. The molecule has 1 saturated heterocycles. The Bertz CT molecular complexity index is 1240. The van der Waals surface area contributed by atoms with Crippen LogP contribution in [0.4, 0.5) is 9.18 Å². The second-order valence-corrected chi connectivity index (χ2v) is 9.13. The Morgan fingerprint density at radius 1 is 1.02 bits per heavy atom. The van der Waals surface area contributed by atoms with Crippen molar-refractivity contribution >= 4 is 46.9 Å². The van der Waals surface area contributed by atoms with Crippen LogP contribution in [0.25, 0.3) is 11.0 Å². The Kier molecular flexibility index (Phi) is 21.3. The lowest BCUT2D eigenvalue weighted by Gasteiger charge is -2.32. The number of nitrogens with one attached hydrogen (secondary N) is 4. The van der Waals surface area contributed by atoms with Crippen LogP contribution >= 0.6 is 24.0 Å². The van der Waals surface area contributed by atoms with Crippen molar-refractivity contribution in [3.8, 4) is 0 Å². The molecule has 1 aromatic heterocycles. The normalized spacial score (nSPS) is 12.3. The number of likely N-dealkylation sites (tertiary alicyclic amines) is 1. The van der Waals surface area contributed by atoms with Crippen molar-refractivity contribution in [3.05, 3.63) is 90.7 Å². The molecule has 43 heavy (non-hydrogen) atoms. The molecule has 0 spiro atoms. The van der Waals surface area contributed by atoms with E-state index in [1.165, 1.54) is 12.5 Å². The molecular weight excluding hydrogens is 658 g/mol. The number of H-pyrrole nitrogens is 1. The number of amides is 3. The van der Waals surface area contributed by atoms with E-state index in [0.29, 0.717) is 24.3 Å². The number of fused-ring (bicyclic) bond motifs is 1. The number of benzene rings is 2. The van der Waals surface area contributed by atoms with Crippen molar-refractivity contribution in [2.24, 2.45) is 0 Å². The minimum atomic E-state index is -0.818. The molecule has 4 rings (SSSR count). The van der Waals surface area contributed by atoms with Crippen molar-refractivity contribution in [2.75, 3.05) is 13.1 Å². The molecule has 0 unspecified atom stereocenters. The monoisotopic (exact) mass is 714 g/mol. The largest absolute Gasteiger partial charge is 0.375 e. The Hall–Kier alpha value is -3.41. The molecule has 1 atom stereocenters. The highest BCUT2D eigenvalue weighted by molar-refractivity contribution is 14.0. The number of hydrogen-bond acceptors (Lipinski definition) is 4. The molecule has 10 heteroatoms. The highest BCUT2D eigenvalue weighted by Crippen LogP contribution is 2.18. The molecule has 1 aliphatic rings. The molecule has 8 nitrogen and oxygen atoms in total. The van der Waals surface area contributed by atoms with Crippen molar-refractivity contribution in [2.45, 2.75) is 79.4 Å². The zero-order chi connectivity index (χ0) is 31.3. The molecule has 4 N–H and O–H groups in total. The van der Waals surface area contributed by atoms with Crippen LogP contribution in [0, 0.1) is 5.82 Å². The van der Waals surface area contributed by atoms with E-state index in [1.54, 1.807) is 18.2 Å². The summed E-state index contributed by atoms with van der Waals surface area (Å²) in [4.78, 5) is 35.1. The van der Waals surface area contributed by atoms with E-state index in [2.05, 4.69) is 44.0 Å². The lowest BCUT2D eigenvalue weighted by Crippen LogP contribution is -2.50. The highest BCUT2D eigenvalue weighted by atomic mass is 127. The first-order valence-electron chi connectivity index (χ1n) is 14.9. The van der Waals surface area contributed by atoms with E-state index in [4.69, 9.17) is 0 Å². The van der Waals surface area contributed by atoms with Gasteiger partial charge in [0, 0.05) is 36.0 Å². The fraction of sp³-hybridized carbons (Fsp3) is 0.424. The predicted molar refractivity (Wildman–Crippen MR) is 193 cm³/mol. The maximum atomic E-state index is 13.9. The Morgan fingerprint density at radius 3 is 2.26 bits per heavy atom. The fourth-order valence-corrected chi connectivity index (χ4v) is 4.20. The SMILES string of the molecule is C=C(C[C@H](NC(=O)NCc1ccccc1)C(=O)NCc1nc2c(F)cccc2[nH]1)N1CCCCC1.C=CC.CC.CC.I.[HH].[HH].[HH]. The number of urea groups is 1. The van der Waals surface area contributed by atoms with Gasteiger partial charge >= 0.3 is 6.03 Å². The van der Waals surface area contributed by atoms with Crippen LogP contribution in [0.5, 0.6) is 0 Å². The quantitative estimate of drug-likeness (QED) is 0.133. The number of carbonyl (C=O) groups is 2. The number of aromatic nitrogens is 2. The molecule has 1 fully saturated rings. The molecule has 0 aliphatic carbocycles. The minimum Gasteiger partial charge on any atom is -0.375 e. The number of piperidine rings is 1. The van der Waals surface area contributed by atoms with Crippen LogP contribution < -0.4 is 16.0 Å². The van der Waals surface area contributed by atoms with Crippen molar-refractivity contribution in [1.29, 1.82) is 0 Å². The van der Waals surface area contributed by atoms with Gasteiger partial charge in [0.1, 0.15) is 17.4 Å². The lowest BCUT2D eigenvalue weighted by atomic mass is 10.1. The standard InChI is InChI=1S/C26H31FN6O2.C3H6.2C2H6.HI.3H2/c1-18(33-13-6-3-7-14-33)15-22(31-26(35)29-16-19-9-4-2-5-10-19)25(34)28-17-23-30-21-12-8-11-20(27)24(21)32-23;1-3-2;2*1-2;;;;/h2,4-5,8-12,22H,1,3,6-7,13-17H2,(H,28,34)(H,30,32)(H2,29,31,35);3H,1H2,2H3;2*1-2H3;4*1H/t22-;;;;;;;/m0......./s1. The highest BCUT2D eigenvalue weighted by Gasteiger charge is 2.24. The Morgan fingerprint density at radius 2 is 1.65 bits per heavy atom. The van der Waals surface area contributed by atoms with Gasteiger partial charge in [-0.05, 0) is 43.9 Å². The van der Waals surface area contributed by atoms with Crippen LogP contribution in [-0.2, 0) is 17.9 Å². The van der Waals surface area contributed by atoms with Gasteiger partial charge < -0.3 is 25.8 Å². The smallest absolute Gasteiger partial charge is 0.315 e. The first kappa shape index (κ1) is 39.6. The van der Waals surface area contributed by atoms with E-state index in [1.807, 2.05) is 65.0 Å². The van der Waals surface area contributed by atoms with E-state index < -0.39 is 17.9 Å². The number of imidazole rings is 1. The summed E-state index contributed by atoms with van der Waals surface area (Å²) in [5.41, 5.74) is 2.56. The summed E-state index contributed by atoms with van der Waals surface area (Å²) >= 11 is 0. The van der Waals surface area contributed by atoms with E-state index >= 15 is 0 Å². The zero-order valence-electron chi connectivity index (χ0n) is 26.3. The summed E-state index contributed by atoms with van der Waals surface area (Å²) in [6, 6.07) is 12.9. The predicted octanol–water partition coefficient (Wildman–Crippen LogP) is 8.18. The number of para-hydroxylation sites is 1. The van der Waals surface area contributed by atoms with Crippen LogP contribution in [-0.4, -0.2) is 45.9 Å². The van der Waals surface area contributed by atoms with Gasteiger partial charge in [-0.1, -0.05) is 76.7 Å². The summed E-state index contributed by atoms with van der Waals surface area (Å²) in [6.07, 6.45) is 5.40. The third-order valence-electron chi connectivity index (χ3n) is 6.10. The van der Waals surface area contributed by atoms with Gasteiger partial charge in [-0.25, -0.2) is 14.2 Å². The van der Waals surface area contributed by atoms with Gasteiger partial charge in [0.2, 0.25) is 5.91 Å². The van der Waals surface area contributed by atoms with Gasteiger partial charge in [0.05, 0.1) is 12.1 Å². The number of nitrogens with zero attached hydrogens (tertiary/aromatic N) is 2. The second kappa shape index (κ2) is 23.1. The minimum absolute atomic E-state index is 0. The zero-order valence-corrected chi connectivity index (χ0v) is 28.7. The van der Waals surface area contributed by atoms with Gasteiger partial charge in [0.15, 0.2) is 5.82 Å². The number of rotatable bonds is 9. The maximum absolute atomic E-state index is 13.9. The van der Waals surface area contributed by atoms with Crippen LogP contribution in [0.1, 0.15) is 76.0 Å². The summed E-state index contributed by atoms with van der Waals surface area (Å²) in [7, 11) is 0. The van der Waals surface area contributed by atoms with Gasteiger partial charge in [-0.15, -0.1) is 30.6 Å². The van der Waals surface area contributed by atoms with Crippen molar-refractivity contribution in [3.63, 3.8) is 0 Å². The molecule has 1 aliphatic heterocycles. The summed E-state index contributed by atoms with van der Waals surface area (Å²) < 4.78 is 13.9. The van der Waals surface area contributed by atoms with Gasteiger partial charge in [-0.2, -0.15) is 0 Å². The van der Waals surface area contributed by atoms with Gasteiger partial charge in [0.25, 0.3) is 0 Å². The van der Waals surface area contributed by atoms with Gasteiger partial charge in [-0.3, -0.25) is 4.79 Å². The van der Waals surface area contributed by atoms with E-state index in [-0.39, 0.29) is 46.2 Å². The van der Waals surface area contributed by atoms with Crippen LogP contribution in [0.15, 0.2) is 73.5 Å². The van der Waals surface area contributed by atoms with Crippen LogP contribution in [0.3, 0.4) is 0 Å². The molecular formula is C33H56FIN6O2. The molecule has 2 aromatic carbocycles. The Balaban J connectivity index is -0.000000745. The van der Waals surface area contributed by atoms with Crippen molar-refractivity contribution < 1.29 is 18.3 Å². The summed E-state index contributed by atoms with van der Waals surface area (Å²) in [5, 5.41) is 8.40. The van der Waals surface area contributed by atoms with Crippen molar-refractivity contribution in [1.82, 2.24) is 30.8 Å². The molecule has 3 aromatic rings. The van der Waals surface area contributed by atoms with E-state index in [0.717, 1.165) is 37.2 Å². The molecule has 2 heterocycles. The molecule has 0 bridgehead atoms. The maximum Gasteiger partial charge on any atom is 0.315 e. The third kappa shape index (κ3) is 14.1. The number of halogens is 2. The third-order valence-corrected chi connectivity index (χ3v) is 6.10. The second-order valence-electron chi connectivity index (χ2n) is 9.13. The van der Waals surface area contributed by atoms with Crippen LogP contribution in [0.2, 0.25) is 0 Å².